The number of benzene rings is 1. The molecule has 2 atom stereocenters. The molecule has 3 rings (SSSR count). The number of hydrogen-bond acceptors (Lipinski definition) is 2. The highest BCUT2D eigenvalue weighted by atomic mass is 16.1. The molecule has 1 amide bonds. The maximum absolute atomic E-state index is 11.3. The number of nitrogens with zero attached hydrogens (tertiary/aromatic N) is 1. The maximum atomic E-state index is 11.3. The van der Waals surface area contributed by atoms with Gasteiger partial charge in [0.2, 0.25) is 5.91 Å². The summed E-state index contributed by atoms with van der Waals surface area (Å²) >= 11 is 0. The first-order valence-electron chi connectivity index (χ1n) is 6.77. The molecular weight excluding hydrogens is 224 g/mol. The third-order valence-electron chi connectivity index (χ3n) is 4.69. The highest BCUT2D eigenvalue weighted by molar-refractivity contribution is 5.81. The predicted octanol–water partition coefficient (Wildman–Crippen LogP) is 2.19. The Hall–Kier alpha value is -1.51. The van der Waals surface area contributed by atoms with Gasteiger partial charge in [-0.15, -0.1) is 0 Å². The van der Waals surface area contributed by atoms with Gasteiger partial charge in [-0.05, 0) is 24.5 Å². The molecular formula is C15H20N2O. The van der Waals surface area contributed by atoms with Crippen LogP contribution in [0.1, 0.15) is 38.2 Å². The van der Waals surface area contributed by atoms with Gasteiger partial charge in [0.25, 0.3) is 0 Å². The molecule has 3 nitrogen and oxygen atoms in total. The number of fused-ring (bicyclic) bond motifs is 3. The van der Waals surface area contributed by atoms with E-state index in [1.807, 2.05) is 6.07 Å². The maximum Gasteiger partial charge on any atom is 0.236 e. The summed E-state index contributed by atoms with van der Waals surface area (Å²) in [5.41, 5.74) is 8.23. The Morgan fingerprint density at radius 3 is 3.00 bits per heavy atom. The first-order valence-corrected chi connectivity index (χ1v) is 6.77. The van der Waals surface area contributed by atoms with E-state index < -0.39 is 0 Å². The number of amides is 1. The number of hydrogen-bond donors (Lipinski definition) is 1. The molecule has 1 aromatic rings. The van der Waals surface area contributed by atoms with Gasteiger partial charge in [-0.3, -0.25) is 4.79 Å². The van der Waals surface area contributed by atoms with Crippen molar-refractivity contribution in [3.63, 3.8) is 0 Å². The second-order valence-corrected chi connectivity index (χ2v) is 5.79. The van der Waals surface area contributed by atoms with E-state index in [1.165, 1.54) is 36.9 Å². The molecule has 0 spiro atoms. The number of carbonyl (C=O) groups excluding carboxylic acids is 1. The molecule has 0 saturated heterocycles. The Morgan fingerprint density at radius 2 is 2.22 bits per heavy atom. The van der Waals surface area contributed by atoms with Crippen LogP contribution in [-0.2, 0) is 10.2 Å². The molecule has 96 valence electrons. The summed E-state index contributed by atoms with van der Waals surface area (Å²) < 4.78 is 0. The Morgan fingerprint density at radius 1 is 1.44 bits per heavy atom. The molecule has 1 heterocycles. The van der Waals surface area contributed by atoms with Gasteiger partial charge < -0.3 is 10.6 Å². The Balaban J connectivity index is 2.08. The number of para-hydroxylation sites is 1. The standard InChI is InChI=1S/C15H20N2O/c1-15-9-5-4-8-13(15)17(10-14(16)18)12-7-3-2-6-11(12)15/h2-3,6-7,13H,4-5,8-10H2,1H3,(H2,16,18). The SMILES string of the molecule is CC12CCCCC1N(CC(N)=O)c1ccccc12. The summed E-state index contributed by atoms with van der Waals surface area (Å²) in [4.78, 5) is 13.6. The van der Waals surface area contributed by atoms with Crippen molar-refractivity contribution in [3.05, 3.63) is 29.8 Å². The number of anilines is 1. The second-order valence-electron chi connectivity index (χ2n) is 5.79. The molecule has 18 heavy (non-hydrogen) atoms. The van der Waals surface area contributed by atoms with Gasteiger partial charge in [0.1, 0.15) is 0 Å². The lowest BCUT2D eigenvalue weighted by Gasteiger charge is -2.40. The van der Waals surface area contributed by atoms with E-state index in [-0.39, 0.29) is 11.3 Å². The largest absolute Gasteiger partial charge is 0.368 e. The molecule has 3 heteroatoms. The van der Waals surface area contributed by atoms with Crippen molar-refractivity contribution >= 4 is 11.6 Å². The summed E-state index contributed by atoms with van der Waals surface area (Å²) in [5, 5.41) is 0. The molecule has 0 aromatic heterocycles. The highest BCUT2D eigenvalue weighted by Gasteiger charge is 2.48. The first kappa shape index (κ1) is 11.6. The zero-order chi connectivity index (χ0) is 12.8. The third-order valence-corrected chi connectivity index (χ3v) is 4.69. The number of primary amides is 1. The quantitative estimate of drug-likeness (QED) is 0.867. The first-order chi connectivity index (χ1) is 8.63. The van der Waals surface area contributed by atoms with Crippen molar-refractivity contribution in [1.29, 1.82) is 0 Å². The van der Waals surface area contributed by atoms with Crippen LogP contribution in [0, 0.1) is 0 Å². The van der Waals surface area contributed by atoms with Crippen molar-refractivity contribution < 1.29 is 4.79 Å². The van der Waals surface area contributed by atoms with E-state index >= 15 is 0 Å². The molecule has 2 N–H and O–H groups in total. The minimum Gasteiger partial charge on any atom is -0.368 e. The summed E-state index contributed by atoms with van der Waals surface area (Å²) in [6.45, 7) is 2.69. The average Bonchev–Trinajstić information content (AvgIpc) is 2.60. The normalized spacial score (nSPS) is 29.8. The van der Waals surface area contributed by atoms with Crippen LogP contribution in [0.2, 0.25) is 0 Å². The Kier molecular flexibility index (Phi) is 2.58. The van der Waals surface area contributed by atoms with Crippen LogP contribution in [-0.4, -0.2) is 18.5 Å². The van der Waals surface area contributed by atoms with E-state index in [0.717, 1.165) is 0 Å². The van der Waals surface area contributed by atoms with Gasteiger partial charge in [0.15, 0.2) is 0 Å². The Labute approximate surface area is 108 Å². The van der Waals surface area contributed by atoms with Gasteiger partial charge in [-0.25, -0.2) is 0 Å². The van der Waals surface area contributed by atoms with E-state index in [2.05, 4.69) is 30.0 Å². The van der Waals surface area contributed by atoms with Gasteiger partial charge in [-0.1, -0.05) is 38.0 Å². The molecule has 1 fully saturated rings. The van der Waals surface area contributed by atoms with Gasteiger partial charge in [0.05, 0.1) is 6.54 Å². The van der Waals surface area contributed by atoms with Crippen LogP contribution >= 0.6 is 0 Å². The van der Waals surface area contributed by atoms with E-state index in [0.29, 0.717) is 12.6 Å². The van der Waals surface area contributed by atoms with Crippen LogP contribution in [0.15, 0.2) is 24.3 Å². The monoisotopic (exact) mass is 244 g/mol. The van der Waals surface area contributed by atoms with Crippen LogP contribution in [0.4, 0.5) is 5.69 Å². The summed E-state index contributed by atoms with van der Waals surface area (Å²) in [6, 6.07) is 8.93. The van der Waals surface area contributed by atoms with Crippen LogP contribution < -0.4 is 10.6 Å². The van der Waals surface area contributed by atoms with E-state index in [4.69, 9.17) is 5.73 Å². The average molecular weight is 244 g/mol. The minimum absolute atomic E-state index is 0.199. The summed E-state index contributed by atoms with van der Waals surface area (Å²) in [6.07, 6.45) is 4.91. The van der Waals surface area contributed by atoms with Crippen molar-refractivity contribution in [2.24, 2.45) is 5.73 Å². The van der Waals surface area contributed by atoms with Crippen molar-refractivity contribution in [1.82, 2.24) is 0 Å². The molecule has 1 aliphatic heterocycles. The molecule has 0 radical (unpaired) electrons. The smallest absolute Gasteiger partial charge is 0.236 e. The van der Waals surface area contributed by atoms with Gasteiger partial charge in [0, 0.05) is 17.1 Å². The van der Waals surface area contributed by atoms with Crippen molar-refractivity contribution in [3.8, 4) is 0 Å². The molecule has 2 unspecified atom stereocenters. The van der Waals surface area contributed by atoms with E-state index in [1.54, 1.807) is 0 Å². The predicted molar refractivity (Wildman–Crippen MR) is 72.6 cm³/mol. The lowest BCUT2D eigenvalue weighted by molar-refractivity contribution is -0.116. The minimum atomic E-state index is -0.236. The molecule has 1 saturated carbocycles. The highest BCUT2D eigenvalue weighted by Crippen LogP contribution is 2.51. The van der Waals surface area contributed by atoms with Crippen LogP contribution in [0.25, 0.3) is 0 Å². The summed E-state index contributed by atoms with van der Waals surface area (Å²) in [7, 11) is 0. The fourth-order valence-electron chi connectivity index (χ4n) is 3.87. The zero-order valence-electron chi connectivity index (χ0n) is 10.9. The molecule has 1 aromatic carbocycles. The number of nitrogens with two attached hydrogens (primary N) is 1. The number of rotatable bonds is 2. The number of carbonyl (C=O) groups is 1. The second kappa shape index (κ2) is 4.01. The topological polar surface area (TPSA) is 46.3 Å². The third kappa shape index (κ3) is 1.53. The lowest BCUT2D eigenvalue weighted by atomic mass is 9.69. The summed E-state index contributed by atoms with van der Waals surface area (Å²) in [5.74, 6) is -0.236. The molecule has 2 aliphatic rings. The van der Waals surface area contributed by atoms with Crippen molar-refractivity contribution in [2.75, 3.05) is 11.4 Å². The van der Waals surface area contributed by atoms with E-state index in [9.17, 15) is 4.79 Å². The van der Waals surface area contributed by atoms with Gasteiger partial charge >= 0.3 is 0 Å². The lowest BCUT2D eigenvalue weighted by Crippen LogP contribution is -2.48. The Bertz CT molecular complexity index is 485. The van der Waals surface area contributed by atoms with Crippen molar-refractivity contribution in [2.45, 2.75) is 44.1 Å². The fraction of sp³-hybridized carbons (Fsp3) is 0.533. The van der Waals surface area contributed by atoms with Gasteiger partial charge in [-0.2, -0.15) is 0 Å². The van der Waals surface area contributed by atoms with Crippen LogP contribution in [0.3, 0.4) is 0 Å². The van der Waals surface area contributed by atoms with Crippen LogP contribution in [0.5, 0.6) is 0 Å². The fourth-order valence-corrected chi connectivity index (χ4v) is 3.87. The molecule has 1 aliphatic carbocycles. The zero-order valence-corrected chi connectivity index (χ0v) is 10.9. The molecule has 0 bridgehead atoms.